The Bertz CT molecular complexity index is 3790. The number of alkyl halides is 3. The van der Waals surface area contributed by atoms with Crippen molar-refractivity contribution in [3.05, 3.63) is 203 Å². The van der Waals surface area contributed by atoms with E-state index in [1.54, 1.807) is 77.4 Å². The monoisotopic (exact) mass is 829 g/mol. The van der Waals surface area contributed by atoms with E-state index in [1.165, 1.54) is 18.2 Å². The molecule has 0 spiro atoms. The zero-order valence-electron chi connectivity index (χ0n) is 33.3. The number of aromatic nitrogens is 2. The van der Waals surface area contributed by atoms with E-state index in [4.69, 9.17) is 13.1 Å². The van der Waals surface area contributed by atoms with Crippen molar-refractivity contribution in [1.29, 1.82) is 15.8 Å². The summed E-state index contributed by atoms with van der Waals surface area (Å²) < 4.78 is 51.7. The van der Waals surface area contributed by atoms with Crippen LogP contribution in [0.1, 0.15) is 22.3 Å². The van der Waals surface area contributed by atoms with Crippen molar-refractivity contribution in [3.63, 3.8) is 0 Å². The van der Waals surface area contributed by atoms with Gasteiger partial charge in [0, 0.05) is 38.2 Å². The normalized spacial score (nSPS) is 11.3. The first kappa shape index (κ1) is 38.8. The molecule has 0 saturated carbocycles. The Morgan fingerprint density at radius 1 is 0.422 bits per heavy atom. The van der Waals surface area contributed by atoms with Gasteiger partial charge in [-0.25, -0.2) is 9.69 Å². The third-order valence-corrected chi connectivity index (χ3v) is 11.6. The second-order valence-corrected chi connectivity index (χ2v) is 15.2. The molecule has 0 fully saturated rings. The zero-order chi connectivity index (χ0) is 44.3. The lowest BCUT2D eigenvalue weighted by Gasteiger charge is -2.22. The summed E-state index contributed by atoms with van der Waals surface area (Å²) in [5, 5.41) is 32.6. The molecule has 2 heterocycles. The molecule has 64 heavy (non-hydrogen) atoms. The van der Waals surface area contributed by atoms with E-state index in [2.05, 4.69) is 27.9 Å². The third kappa shape index (κ3) is 6.34. The summed E-state index contributed by atoms with van der Waals surface area (Å²) in [7, 11) is 0. The lowest BCUT2D eigenvalue weighted by atomic mass is 9.97. The van der Waals surface area contributed by atoms with Gasteiger partial charge in [0.2, 0.25) is 0 Å². The van der Waals surface area contributed by atoms with Gasteiger partial charge in [-0.2, -0.15) is 29.0 Å². The molecule has 0 atom stereocenters. The van der Waals surface area contributed by atoms with Gasteiger partial charge in [-0.3, -0.25) is 0 Å². The van der Waals surface area contributed by atoms with Gasteiger partial charge in [0.1, 0.15) is 0 Å². The molecule has 0 unspecified atom stereocenters. The van der Waals surface area contributed by atoms with E-state index >= 15 is 13.2 Å². The molecule has 0 aliphatic heterocycles. The fraction of sp³-hybridized carbons (Fsp3) is 0.0185. The van der Waals surface area contributed by atoms with E-state index in [0.29, 0.717) is 72.0 Å². The molecule has 10 heteroatoms. The van der Waals surface area contributed by atoms with Crippen LogP contribution in [0, 0.1) is 47.1 Å². The first-order valence-corrected chi connectivity index (χ1v) is 19.8. The minimum Gasteiger partial charge on any atom is -0.309 e. The molecule has 10 rings (SSSR count). The van der Waals surface area contributed by atoms with Gasteiger partial charge in [0.05, 0.1) is 75.9 Å². The predicted molar refractivity (Wildman–Crippen MR) is 243 cm³/mol. The summed E-state index contributed by atoms with van der Waals surface area (Å²) >= 11 is 0. The number of hydrogen-bond donors (Lipinski definition) is 0. The van der Waals surface area contributed by atoms with Crippen LogP contribution in [0.2, 0.25) is 0 Å². The Morgan fingerprint density at radius 3 is 1.41 bits per heavy atom. The maximum atomic E-state index is 16.1. The highest BCUT2D eigenvalue weighted by Crippen LogP contribution is 2.46. The summed E-state index contributed by atoms with van der Waals surface area (Å²) in [6.45, 7) is 15.3. The van der Waals surface area contributed by atoms with Crippen LogP contribution in [0.4, 0.5) is 24.5 Å². The van der Waals surface area contributed by atoms with Gasteiger partial charge in [0.25, 0.3) is 0 Å². The molecular formula is C54H26F3N7. The molecule has 298 valence electrons. The van der Waals surface area contributed by atoms with E-state index in [-0.39, 0.29) is 28.3 Å². The SMILES string of the molecule is [C-]#[N+]c1cc(C#N)cc(-c2ccc3c4ccccc4n(-c4cc(C(F)(F)F)c(-n5c6ccccc6c6ccc(-c7cc(C#N)cc([N+]#[C-])c7)cc65)cc4-c4cccc(C#N)c4)c3c2)c1. The van der Waals surface area contributed by atoms with Crippen LogP contribution >= 0.6 is 0 Å². The molecule has 0 saturated heterocycles. The van der Waals surface area contributed by atoms with Crippen LogP contribution in [0.15, 0.2) is 158 Å². The van der Waals surface area contributed by atoms with Crippen molar-refractivity contribution in [2.45, 2.75) is 6.18 Å². The average molecular weight is 830 g/mol. The Kier molecular flexibility index (Phi) is 9.06. The second kappa shape index (κ2) is 14.9. The predicted octanol–water partition coefficient (Wildman–Crippen LogP) is 14.6. The molecule has 0 radical (unpaired) electrons. The van der Waals surface area contributed by atoms with Gasteiger partial charge in [-0.15, -0.1) is 0 Å². The van der Waals surface area contributed by atoms with E-state index in [9.17, 15) is 15.8 Å². The van der Waals surface area contributed by atoms with Gasteiger partial charge in [-0.1, -0.05) is 72.8 Å². The summed E-state index contributed by atoms with van der Waals surface area (Å²) in [4.78, 5) is 7.10. The molecule has 8 aromatic carbocycles. The fourth-order valence-electron chi connectivity index (χ4n) is 8.79. The number of rotatable bonds is 5. The Morgan fingerprint density at radius 2 is 0.906 bits per heavy atom. The molecular weight excluding hydrogens is 804 g/mol. The number of fused-ring (bicyclic) bond motifs is 6. The van der Waals surface area contributed by atoms with E-state index < -0.39 is 11.7 Å². The second-order valence-electron chi connectivity index (χ2n) is 15.2. The Balaban J connectivity index is 1.33. The largest absolute Gasteiger partial charge is 0.418 e. The number of hydrogen-bond acceptors (Lipinski definition) is 3. The van der Waals surface area contributed by atoms with Gasteiger partial charge in [0.15, 0.2) is 11.4 Å². The third-order valence-electron chi connectivity index (χ3n) is 11.6. The molecule has 0 N–H and O–H groups in total. The van der Waals surface area contributed by atoms with Crippen LogP contribution in [0.3, 0.4) is 0 Å². The van der Waals surface area contributed by atoms with Crippen molar-refractivity contribution < 1.29 is 13.2 Å². The number of halogens is 3. The average Bonchev–Trinajstić information content (AvgIpc) is 3.84. The molecule has 10 aromatic rings. The number of nitrogens with zero attached hydrogens (tertiary/aromatic N) is 7. The summed E-state index contributed by atoms with van der Waals surface area (Å²) in [6, 6.07) is 51.4. The van der Waals surface area contributed by atoms with Crippen molar-refractivity contribution in [3.8, 4) is 63.0 Å². The lowest BCUT2D eigenvalue weighted by molar-refractivity contribution is -0.137. The van der Waals surface area contributed by atoms with Crippen LogP contribution in [0.5, 0.6) is 0 Å². The van der Waals surface area contributed by atoms with E-state index in [1.807, 2.05) is 71.3 Å². The van der Waals surface area contributed by atoms with Gasteiger partial charge < -0.3 is 9.13 Å². The summed E-state index contributed by atoms with van der Waals surface area (Å²) in [6.07, 6.45) is -4.88. The van der Waals surface area contributed by atoms with Crippen molar-refractivity contribution >= 4 is 55.0 Å². The topological polar surface area (TPSA) is 89.9 Å². The number of benzene rings is 8. The molecule has 0 bridgehead atoms. The smallest absolute Gasteiger partial charge is 0.309 e. The highest BCUT2D eigenvalue weighted by atomic mass is 19.4. The van der Waals surface area contributed by atoms with Crippen LogP contribution in [0.25, 0.3) is 98.1 Å². The van der Waals surface area contributed by atoms with Crippen LogP contribution in [-0.2, 0) is 6.18 Å². The summed E-state index contributed by atoms with van der Waals surface area (Å²) in [5.74, 6) is 0. The first-order valence-electron chi connectivity index (χ1n) is 19.8. The molecule has 0 aliphatic carbocycles. The van der Waals surface area contributed by atoms with E-state index in [0.717, 1.165) is 16.2 Å². The Labute approximate surface area is 363 Å². The minimum absolute atomic E-state index is 0.147. The molecule has 0 amide bonds. The molecule has 7 nitrogen and oxygen atoms in total. The lowest BCUT2D eigenvalue weighted by Crippen LogP contribution is -2.13. The van der Waals surface area contributed by atoms with Crippen LogP contribution in [-0.4, -0.2) is 9.13 Å². The summed E-state index contributed by atoms with van der Waals surface area (Å²) in [5.41, 5.74) is 6.18. The van der Waals surface area contributed by atoms with Gasteiger partial charge in [-0.05, 0) is 113 Å². The fourth-order valence-corrected chi connectivity index (χ4v) is 8.79. The highest BCUT2D eigenvalue weighted by molar-refractivity contribution is 6.12. The van der Waals surface area contributed by atoms with Gasteiger partial charge >= 0.3 is 6.18 Å². The van der Waals surface area contributed by atoms with Crippen LogP contribution < -0.4 is 0 Å². The quantitative estimate of drug-likeness (QED) is 0.162. The highest BCUT2D eigenvalue weighted by Gasteiger charge is 2.37. The Hall–Kier alpha value is -9.40. The first-order chi connectivity index (χ1) is 31.1. The zero-order valence-corrected chi connectivity index (χ0v) is 33.3. The number of nitriles is 3. The maximum absolute atomic E-state index is 16.1. The molecule has 0 aliphatic rings. The van der Waals surface area contributed by atoms with Crippen molar-refractivity contribution in [2.24, 2.45) is 0 Å². The van der Waals surface area contributed by atoms with Crippen molar-refractivity contribution in [1.82, 2.24) is 9.13 Å². The maximum Gasteiger partial charge on any atom is 0.418 e. The minimum atomic E-state index is -4.88. The molecule has 2 aromatic heterocycles. The van der Waals surface area contributed by atoms with Crippen molar-refractivity contribution in [2.75, 3.05) is 0 Å². The standard InChI is InChI=1S/C54H26F3N7/c1-61-40-21-33(30-59)19-38(23-40)35-14-16-44-42-10-3-5-12-48(42)63(50(44)25-35)52-28-47(54(55,56)57)53(27-46(52)37-9-7-8-32(18-37)29-58)64-49-13-6-4-11-43(49)45-17-15-36(26-51(45)64)39-20-34(31-60)22-41(24-39)62-2/h3-28H. The number of para-hydroxylation sites is 2.